The van der Waals surface area contributed by atoms with E-state index in [4.69, 9.17) is 10.5 Å². The molecule has 0 aromatic carbocycles. The van der Waals surface area contributed by atoms with Crippen LogP contribution in [0.1, 0.15) is 20.3 Å². The summed E-state index contributed by atoms with van der Waals surface area (Å²) in [5.74, 6) is 1.19. The fraction of sp³-hybridized carbons (Fsp3) is 0.909. The molecule has 94 valence electrons. The van der Waals surface area contributed by atoms with Crippen LogP contribution in [0.2, 0.25) is 0 Å². The number of carbonyl (C=O) groups is 1. The number of carbonyl (C=O) groups excluding carboxylic acids is 1. The van der Waals surface area contributed by atoms with Crippen molar-refractivity contribution in [2.45, 2.75) is 31.6 Å². The molecule has 0 radical (unpaired) electrons. The molecule has 1 aliphatic rings. The van der Waals surface area contributed by atoms with Crippen molar-refractivity contribution >= 4 is 17.7 Å². The standard InChI is InChI=1S/C11H22N2O2S/c1-9(12)3-8-16-10(2)11(14)13-4-6-15-7-5-13/h9-10H,3-8,12H2,1-2H3. The van der Waals surface area contributed by atoms with Gasteiger partial charge in [0.05, 0.1) is 18.5 Å². The minimum atomic E-state index is 0.0387. The summed E-state index contributed by atoms with van der Waals surface area (Å²) in [5, 5.41) is 0.0387. The normalized spacial score (nSPS) is 20.6. The lowest BCUT2D eigenvalue weighted by Gasteiger charge is -2.29. The third-order valence-corrected chi connectivity index (χ3v) is 3.78. The first-order valence-corrected chi connectivity index (χ1v) is 6.90. The molecule has 2 unspecified atom stereocenters. The van der Waals surface area contributed by atoms with E-state index in [1.165, 1.54) is 0 Å². The van der Waals surface area contributed by atoms with Crippen LogP contribution in [0.25, 0.3) is 0 Å². The topological polar surface area (TPSA) is 55.6 Å². The highest BCUT2D eigenvalue weighted by atomic mass is 32.2. The minimum absolute atomic E-state index is 0.0387. The predicted octanol–water partition coefficient (Wildman–Crippen LogP) is 0.704. The lowest BCUT2D eigenvalue weighted by Crippen LogP contribution is -2.44. The second kappa shape index (κ2) is 7.14. The second-order valence-corrected chi connectivity index (χ2v) is 5.67. The second-order valence-electron chi connectivity index (χ2n) is 4.22. The van der Waals surface area contributed by atoms with Crippen molar-refractivity contribution in [3.8, 4) is 0 Å². The third kappa shape index (κ3) is 4.72. The van der Waals surface area contributed by atoms with Crippen LogP contribution in [0.5, 0.6) is 0 Å². The van der Waals surface area contributed by atoms with Gasteiger partial charge in [0.25, 0.3) is 0 Å². The van der Waals surface area contributed by atoms with Crippen LogP contribution >= 0.6 is 11.8 Å². The third-order valence-electron chi connectivity index (χ3n) is 2.61. The lowest BCUT2D eigenvalue weighted by molar-refractivity contribution is -0.134. The fourth-order valence-electron chi connectivity index (χ4n) is 1.54. The van der Waals surface area contributed by atoms with Crippen molar-refractivity contribution in [1.82, 2.24) is 4.90 Å². The smallest absolute Gasteiger partial charge is 0.235 e. The van der Waals surface area contributed by atoms with Crippen LogP contribution in [0.3, 0.4) is 0 Å². The van der Waals surface area contributed by atoms with Crippen LogP contribution in [0.15, 0.2) is 0 Å². The van der Waals surface area contributed by atoms with Crippen LogP contribution < -0.4 is 5.73 Å². The number of nitrogens with two attached hydrogens (primary N) is 1. The number of hydrogen-bond donors (Lipinski definition) is 1. The summed E-state index contributed by atoms with van der Waals surface area (Å²) in [7, 11) is 0. The number of hydrogen-bond acceptors (Lipinski definition) is 4. The van der Waals surface area contributed by atoms with E-state index in [0.29, 0.717) is 13.2 Å². The maximum absolute atomic E-state index is 12.0. The summed E-state index contributed by atoms with van der Waals surface area (Å²) < 4.78 is 5.22. The first-order chi connectivity index (χ1) is 7.61. The van der Waals surface area contributed by atoms with E-state index in [1.807, 2.05) is 18.7 Å². The first kappa shape index (κ1) is 13.8. The number of rotatable bonds is 5. The molecule has 1 rings (SSSR count). The molecule has 0 bridgehead atoms. The van der Waals surface area contributed by atoms with Gasteiger partial charge in [-0.05, 0) is 26.0 Å². The molecule has 1 heterocycles. The predicted molar refractivity (Wildman–Crippen MR) is 67.6 cm³/mol. The van der Waals surface area contributed by atoms with E-state index in [0.717, 1.165) is 25.3 Å². The quantitative estimate of drug-likeness (QED) is 0.776. The molecular weight excluding hydrogens is 224 g/mol. The highest BCUT2D eigenvalue weighted by molar-refractivity contribution is 8.00. The summed E-state index contributed by atoms with van der Waals surface area (Å²) in [5.41, 5.74) is 5.67. The number of nitrogens with zero attached hydrogens (tertiary/aromatic N) is 1. The van der Waals surface area contributed by atoms with Crippen molar-refractivity contribution in [3.05, 3.63) is 0 Å². The van der Waals surface area contributed by atoms with E-state index >= 15 is 0 Å². The summed E-state index contributed by atoms with van der Waals surface area (Å²) in [4.78, 5) is 13.9. The van der Waals surface area contributed by atoms with Gasteiger partial charge in [0.15, 0.2) is 0 Å². The molecule has 4 nitrogen and oxygen atoms in total. The van der Waals surface area contributed by atoms with Crippen molar-refractivity contribution in [2.75, 3.05) is 32.1 Å². The van der Waals surface area contributed by atoms with E-state index in [-0.39, 0.29) is 17.2 Å². The van der Waals surface area contributed by atoms with Crippen LogP contribution in [-0.4, -0.2) is 54.2 Å². The molecule has 0 aromatic rings. The average molecular weight is 246 g/mol. The van der Waals surface area contributed by atoms with Crippen molar-refractivity contribution in [1.29, 1.82) is 0 Å². The molecular formula is C11H22N2O2S. The monoisotopic (exact) mass is 246 g/mol. The first-order valence-electron chi connectivity index (χ1n) is 5.85. The van der Waals surface area contributed by atoms with E-state index < -0.39 is 0 Å². The highest BCUT2D eigenvalue weighted by Gasteiger charge is 2.22. The highest BCUT2D eigenvalue weighted by Crippen LogP contribution is 2.15. The Hall–Kier alpha value is -0.260. The Kier molecular flexibility index (Phi) is 6.16. The SMILES string of the molecule is CC(N)CCSC(C)C(=O)N1CCOCC1. The number of ether oxygens (including phenoxy) is 1. The summed E-state index contributed by atoms with van der Waals surface area (Å²) in [6, 6.07) is 0.221. The van der Waals surface area contributed by atoms with Gasteiger partial charge in [0.1, 0.15) is 0 Å². The molecule has 5 heteroatoms. The number of morpholine rings is 1. The number of amides is 1. The summed E-state index contributed by atoms with van der Waals surface area (Å²) in [6.07, 6.45) is 0.964. The van der Waals surface area contributed by atoms with Crippen molar-refractivity contribution in [3.63, 3.8) is 0 Å². The van der Waals surface area contributed by atoms with Gasteiger partial charge in [0.2, 0.25) is 5.91 Å². The molecule has 0 aromatic heterocycles. The molecule has 16 heavy (non-hydrogen) atoms. The van der Waals surface area contributed by atoms with Gasteiger partial charge in [-0.1, -0.05) is 0 Å². The van der Waals surface area contributed by atoms with Crippen LogP contribution in [0.4, 0.5) is 0 Å². The van der Waals surface area contributed by atoms with Gasteiger partial charge in [0, 0.05) is 19.1 Å². The Balaban J connectivity index is 2.23. The van der Waals surface area contributed by atoms with Gasteiger partial charge in [-0.25, -0.2) is 0 Å². The molecule has 0 saturated carbocycles. The Labute approximate surface area is 102 Å². The van der Waals surface area contributed by atoms with Crippen LogP contribution in [-0.2, 0) is 9.53 Å². The molecule has 1 aliphatic heterocycles. The van der Waals surface area contributed by atoms with Gasteiger partial charge in [-0.15, -0.1) is 11.8 Å². The Morgan fingerprint density at radius 3 is 2.62 bits per heavy atom. The minimum Gasteiger partial charge on any atom is -0.378 e. The lowest BCUT2D eigenvalue weighted by atomic mass is 10.3. The molecule has 2 N–H and O–H groups in total. The van der Waals surface area contributed by atoms with E-state index in [2.05, 4.69) is 0 Å². The van der Waals surface area contributed by atoms with Crippen LogP contribution in [0, 0.1) is 0 Å². The molecule has 1 amide bonds. The maximum atomic E-state index is 12.0. The zero-order chi connectivity index (χ0) is 12.0. The van der Waals surface area contributed by atoms with Gasteiger partial charge >= 0.3 is 0 Å². The molecule has 2 atom stereocenters. The average Bonchev–Trinajstić information content (AvgIpc) is 2.28. The zero-order valence-electron chi connectivity index (χ0n) is 10.1. The molecule has 0 aliphatic carbocycles. The van der Waals surface area contributed by atoms with E-state index in [9.17, 15) is 4.79 Å². The summed E-state index contributed by atoms with van der Waals surface area (Å²) >= 11 is 1.69. The Morgan fingerprint density at radius 2 is 2.06 bits per heavy atom. The number of thioether (sulfide) groups is 1. The molecule has 1 saturated heterocycles. The fourth-order valence-corrected chi connectivity index (χ4v) is 2.70. The Morgan fingerprint density at radius 1 is 1.44 bits per heavy atom. The molecule has 1 fully saturated rings. The largest absolute Gasteiger partial charge is 0.378 e. The molecule has 0 spiro atoms. The van der Waals surface area contributed by atoms with Crippen molar-refractivity contribution in [2.24, 2.45) is 5.73 Å². The van der Waals surface area contributed by atoms with Crippen molar-refractivity contribution < 1.29 is 9.53 Å². The summed E-state index contributed by atoms with van der Waals surface area (Å²) in [6.45, 7) is 6.78. The van der Waals surface area contributed by atoms with E-state index in [1.54, 1.807) is 11.8 Å². The van der Waals surface area contributed by atoms with Gasteiger partial charge in [-0.3, -0.25) is 4.79 Å². The van der Waals surface area contributed by atoms with Gasteiger partial charge < -0.3 is 15.4 Å². The zero-order valence-corrected chi connectivity index (χ0v) is 11.0. The maximum Gasteiger partial charge on any atom is 0.235 e. The Bertz CT molecular complexity index is 218. The van der Waals surface area contributed by atoms with Gasteiger partial charge in [-0.2, -0.15) is 0 Å².